The van der Waals surface area contributed by atoms with Crippen LogP contribution in [-0.2, 0) is 0 Å². The Labute approximate surface area is 70.8 Å². The molecule has 0 aliphatic heterocycles. The molecule has 1 aromatic rings. The standard InChI is InChI=1S/C2H3BN2O2S3/c6-3(7)1-2(10-8)9-5-4-1/h6-8H. The maximum atomic E-state index is 8.64. The summed E-state index contributed by atoms with van der Waals surface area (Å²) < 4.78 is 4.13. The van der Waals surface area contributed by atoms with Crippen molar-refractivity contribution in [2.45, 2.75) is 4.21 Å². The predicted octanol–water partition coefficient (Wildman–Crippen LogP) is -0.845. The van der Waals surface area contributed by atoms with E-state index in [-0.39, 0.29) is 5.59 Å². The molecular weight excluding hydrogens is 191 g/mol. The second kappa shape index (κ2) is 3.58. The highest BCUT2D eigenvalue weighted by molar-refractivity contribution is 8.69. The number of hydrogen-bond acceptors (Lipinski definition) is 7. The highest BCUT2D eigenvalue weighted by Crippen LogP contribution is 2.21. The van der Waals surface area contributed by atoms with Gasteiger partial charge in [-0.05, 0) is 22.3 Å². The zero-order chi connectivity index (χ0) is 7.56. The highest BCUT2D eigenvalue weighted by atomic mass is 33.1. The molecule has 0 unspecified atom stereocenters. The molecule has 0 aromatic carbocycles. The molecular formula is C2H3BN2O2S3. The fraction of sp³-hybridized carbons (Fsp3) is 0. The second-order valence-corrected chi connectivity index (χ2v) is 3.56. The lowest BCUT2D eigenvalue weighted by Gasteiger charge is -1.91. The Morgan fingerprint density at radius 2 is 2.30 bits per heavy atom. The Morgan fingerprint density at radius 1 is 1.60 bits per heavy atom. The van der Waals surface area contributed by atoms with Crippen LogP contribution in [0.4, 0.5) is 0 Å². The Balaban J connectivity index is 2.90. The molecule has 1 rings (SSSR count). The lowest BCUT2D eigenvalue weighted by Crippen LogP contribution is -2.32. The van der Waals surface area contributed by atoms with E-state index in [0.717, 1.165) is 22.3 Å². The third kappa shape index (κ3) is 1.64. The monoisotopic (exact) mass is 194 g/mol. The molecule has 54 valence electrons. The van der Waals surface area contributed by atoms with Crippen molar-refractivity contribution in [1.29, 1.82) is 0 Å². The minimum atomic E-state index is -1.55. The first-order chi connectivity index (χ1) is 4.75. The van der Waals surface area contributed by atoms with Crippen molar-refractivity contribution in [2.75, 3.05) is 0 Å². The summed E-state index contributed by atoms with van der Waals surface area (Å²) in [6.07, 6.45) is 0. The van der Waals surface area contributed by atoms with Crippen LogP contribution in [-0.4, -0.2) is 26.8 Å². The molecule has 0 fully saturated rings. The van der Waals surface area contributed by atoms with Gasteiger partial charge in [0.25, 0.3) is 0 Å². The van der Waals surface area contributed by atoms with Gasteiger partial charge in [0.05, 0.1) is 0 Å². The SMILES string of the molecule is OB(O)c1nnsc1SS. The molecule has 0 spiro atoms. The van der Waals surface area contributed by atoms with Gasteiger partial charge in [0.2, 0.25) is 0 Å². The summed E-state index contributed by atoms with van der Waals surface area (Å²) in [4.78, 5) is 0. The molecule has 1 heterocycles. The number of nitrogens with zero attached hydrogens (tertiary/aromatic N) is 2. The summed E-state index contributed by atoms with van der Waals surface area (Å²) in [5, 5.41) is 20.8. The van der Waals surface area contributed by atoms with Gasteiger partial charge in [0, 0.05) is 0 Å². The molecule has 0 atom stereocenters. The molecule has 0 saturated carbocycles. The third-order valence-electron chi connectivity index (χ3n) is 0.809. The van der Waals surface area contributed by atoms with Crippen molar-refractivity contribution in [3.8, 4) is 0 Å². The van der Waals surface area contributed by atoms with Crippen LogP contribution >= 0.6 is 34.0 Å². The Bertz CT molecular complexity index is 216. The summed E-state index contributed by atoms with van der Waals surface area (Å²) in [5.74, 6) is 0. The van der Waals surface area contributed by atoms with Gasteiger partial charge in [-0.15, -0.1) is 16.8 Å². The zero-order valence-corrected chi connectivity index (χ0v) is 7.16. The summed E-state index contributed by atoms with van der Waals surface area (Å²) in [6, 6.07) is 0. The zero-order valence-electron chi connectivity index (χ0n) is 4.63. The average molecular weight is 194 g/mol. The second-order valence-electron chi connectivity index (χ2n) is 1.41. The van der Waals surface area contributed by atoms with Crippen LogP contribution in [0.5, 0.6) is 0 Å². The summed E-state index contributed by atoms with van der Waals surface area (Å²) in [7, 11) is -0.449. The van der Waals surface area contributed by atoms with E-state index in [0.29, 0.717) is 4.21 Å². The van der Waals surface area contributed by atoms with Gasteiger partial charge in [-0.1, -0.05) is 4.49 Å². The molecule has 0 aliphatic carbocycles. The molecule has 2 N–H and O–H groups in total. The van der Waals surface area contributed by atoms with Gasteiger partial charge in [0.15, 0.2) is 0 Å². The first kappa shape index (κ1) is 8.34. The third-order valence-corrected chi connectivity index (χ3v) is 3.11. The minimum absolute atomic E-state index is 0.171. The minimum Gasteiger partial charge on any atom is -0.422 e. The molecule has 0 amide bonds. The molecule has 0 saturated heterocycles. The number of rotatable bonds is 2. The quantitative estimate of drug-likeness (QED) is 0.325. The van der Waals surface area contributed by atoms with E-state index in [1.807, 2.05) is 0 Å². The van der Waals surface area contributed by atoms with E-state index in [4.69, 9.17) is 10.0 Å². The van der Waals surface area contributed by atoms with E-state index in [2.05, 4.69) is 21.2 Å². The van der Waals surface area contributed by atoms with Crippen LogP contribution in [0.3, 0.4) is 0 Å². The Morgan fingerprint density at radius 3 is 2.70 bits per heavy atom. The first-order valence-corrected chi connectivity index (χ1v) is 4.89. The van der Waals surface area contributed by atoms with Gasteiger partial charge in [0.1, 0.15) is 9.80 Å². The normalized spacial score (nSPS) is 9.90. The molecule has 8 heteroatoms. The van der Waals surface area contributed by atoms with Gasteiger partial charge in [-0.3, -0.25) is 0 Å². The van der Waals surface area contributed by atoms with Crippen molar-refractivity contribution in [3.63, 3.8) is 0 Å². The Kier molecular flexibility index (Phi) is 2.99. The summed E-state index contributed by atoms with van der Waals surface area (Å²) in [5.41, 5.74) is 0.171. The van der Waals surface area contributed by atoms with Crippen molar-refractivity contribution < 1.29 is 10.0 Å². The topological polar surface area (TPSA) is 66.2 Å². The molecule has 0 aliphatic rings. The van der Waals surface area contributed by atoms with Crippen LogP contribution in [0.15, 0.2) is 4.21 Å². The Hall–Kier alpha value is 0.245. The van der Waals surface area contributed by atoms with E-state index in [1.165, 1.54) is 0 Å². The van der Waals surface area contributed by atoms with E-state index >= 15 is 0 Å². The van der Waals surface area contributed by atoms with Gasteiger partial charge >= 0.3 is 7.12 Å². The molecule has 0 bridgehead atoms. The van der Waals surface area contributed by atoms with E-state index < -0.39 is 7.12 Å². The molecule has 4 nitrogen and oxygen atoms in total. The molecule has 1 aromatic heterocycles. The fourth-order valence-corrected chi connectivity index (χ4v) is 1.91. The number of hydrogen-bond donors (Lipinski definition) is 3. The maximum absolute atomic E-state index is 8.64. The van der Waals surface area contributed by atoms with Crippen LogP contribution < -0.4 is 5.59 Å². The first-order valence-electron chi connectivity index (χ1n) is 2.25. The molecule has 0 radical (unpaired) electrons. The van der Waals surface area contributed by atoms with E-state index in [1.54, 1.807) is 0 Å². The van der Waals surface area contributed by atoms with Gasteiger partial charge < -0.3 is 10.0 Å². The van der Waals surface area contributed by atoms with Crippen molar-refractivity contribution in [3.05, 3.63) is 0 Å². The van der Waals surface area contributed by atoms with Crippen molar-refractivity contribution in [1.82, 2.24) is 9.59 Å². The summed E-state index contributed by atoms with van der Waals surface area (Å²) >= 11 is 4.95. The lowest BCUT2D eigenvalue weighted by atomic mass is 9.88. The van der Waals surface area contributed by atoms with Crippen LogP contribution in [0.1, 0.15) is 0 Å². The average Bonchev–Trinajstić information content (AvgIpc) is 2.33. The maximum Gasteiger partial charge on any atom is 0.512 e. The lowest BCUT2D eigenvalue weighted by molar-refractivity contribution is 0.423. The van der Waals surface area contributed by atoms with Crippen LogP contribution in [0.2, 0.25) is 0 Å². The number of aromatic nitrogens is 2. The smallest absolute Gasteiger partial charge is 0.422 e. The van der Waals surface area contributed by atoms with Crippen LogP contribution in [0.25, 0.3) is 0 Å². The van der Waals surface area contributed by atoms with Crippen molar-refractivity contribution >= 4 is 46.7 Å². The van der Waals surface area contributed by atoms with Gasteiger partial charge in [-0.2, -0.15) is 0 Å². The largest absolute Gasteiger partial charge is 0.512 e. The predicted molar refractivity (Wildman–Crippen MR) is 44.6 cm³/mol. The highest BCUT2D eigenvalue weighted by Gasteiger charge is 2.20. The number of thiol groups is 1. The summed E-state index contributed by atoms with van der Waals surface area (Å²) in [6.45, 7) is 0. The molecule has 10 heavy (non-hydrogen) atoms. The van der Waals surface area contributed by atoms with Gasteiger partial charge in [-0.25, -0.2) is 0 Å². The van der Waals surface area contributed by atoms with Crippen molar-refractivity contribution in [2.24, 2.45) is 0 Å². The fourth-order valence-electron chi connectivity index (χ4n) is 0.410. The van der Waals surface area contributed by atoms with E-state index in [9.17, 15) is 0 Å². The van der Waals surface area contributed by atoms with Crippen LogP contribution in [0, 0.1) is 0 Å².